The lowest BCUT2D eigenvalue weighted by molar-refractivity contribution is 0.0743. The summed E-state index contributed by atoms with van der Waals surface area (Å²) in [4.78, 5) is 16.6. The molecule has 0 spiro atoms. The highest BCUT2D eigenvalue weighted by atomic mass is 35.5. The molecule has 2 aromatic carbocycles. The van der Waals surface area contributed by atoms with E-state index in [4.69, 9.17) is 16.3 Å². The summed E-state index contributed by atoms with van der Waals surface area (Å²) in [5, 5.41) is 10.4. The lowest BCUT2D eigenvalue weighted by Gasteiger charge is -2.36. The minimum absolute atomic E-state index is 0.0430. The van der Waals surface area contributed by atoms with Crippen LogP contribution in [0.5, 0.6) is 11.5 Å². The van der Waals surface area contributed by atoms with Crippen LogP contribution in [0, 0.1) is 0 Å². The highest BCUT2D eigenvalue weighted by Gasteiger charge is 2.25. The number of hydrogen-bond acceptors (Lipinski definition) is 4. The van der Waals surface area contributed by atoms with Crippen LogP contribution in [0.4, 0.5) is 5.69 Å². The summed E-state index contributed by atoms with van der Waals surface area (Å²) in [7, 11) is 0. The zero-order valence-electron chi connectivity index (χ0n) is 14.1. The number of aromatic hydroxyl groups is 1. The summed E-state index contributed by atoms with van der Waals surface area (Å²) in [5.41, 5.74) is 1.29. The number of amides is 1. The number of ether oxygens (including phenoxy) is 1. The average molecular weight is 361 g/mol. The fourth-order valence-electron chi connectivity index (χ4n) is 3.00. The minimum Gasteiger partial charge on any atom is -0.507 e. The largest absolute Gasteiger partial charge is 0.507 e. The maximum Gasteiger partial charge on any atom is 0.257 e. The zero-order valence-corrected chi connectivity index (χ0v) is 14.9. The van der Waals surface area contributed by atoms with Crippen molar-refractivity contribution in [3.63, 3.8) is 0 Å². The maximum atomic E-state index is 12.6. The van der Waals surface area contributed by atoms with Crippen LogP contribution in [-0.2, 0) is 0 Å². The Labute approximate surface area is 152 Å². The summed E-state index contributed by atoms with van der Waals surface area (Å²) >= 11 is 5.95. The number of piperazine rings is 1. The third-order valence-corrected chi connectivity index (χ3v) is 4.50. The molecule has 132 valence electrons. The molecule has 1 aliphatic rings. The van der Waals surface area contributed by atoms with Gasteiger partial charge >= 0.3 is 0 Å². The normalized spacial score (nSPS) is 14.5. The van der Waals surface area contributed by atoms with E-state index < -0.39 is 0 Å². The van der Waals surface area contributed by atoms with Crippen LogP contribution in [0.25, 0.3) is 0 Å². The number of rotatable bonds is 4. The van der Waals surface area contributed by atoms with Gasteiger partial charge in [0.25, 0.3) is 5.91 Å². The fourth-order valence-corrected chi connectivity index (χ4v) is 3.17. The van der Waals surface area contributed by atoms with Crippen LogP contribution in [0.2, 0.25) is 5.02 Å². The molecule has 6 heteroatoms. The molecule has 1 aliphatic heterocycles. The van der Waals surface area contributed by atoms with Crippen molar-refractivity contribution in [3.05, 3.63) is 53.1 Å². The van der Waals surface area contributed by atoms with Gasteiger partial charge in [0.1, 0.15) is 11.5 Å². The number of nitrogens with zero attached hydrogens (tertiary/aromatic N) is 2. The Hall–Kier alpha value is -2.40. The van der Waals surface area contributed by atoms with Gasteiger partial charge in [0.15, 0.2) is 0 Å². The SMILES string of the molecule is CCOc1ccccc1N1CCN(C(=O)c2cc(Cl)ccc2O)CC1. The number of carbonyl (C=O) groups is 1. The van der Waals surface area contributed by atoms with E-state index >= 15 is 0 Å². The molecule has 0 atom stereocenters. The van der Waals surface area contributed by atoms with E-state index in [-0.39, 0.29) is 17.2 Å². The van der Waals surface area contributed by atoms with E-state index in [0.717, 1.165) is 11.4 Å². The predicted octanol–water partition coefficient (Wildman–Crippen LogP) is 3.41. The summed E-state index contributed by atoms with van der Waals surface area (Å²) in [6.45, 7) is 5.14. The number of carbonyl (C=O) groups excluding carboxylic acids is 1. The van der Waals surface area contributed by atoms with E-state index in [1.807, 2.05) is 31.2 Å². The van der Waals surface area contributed by atoms with Crippen molar-refractivity contribution >= 4 is 23.2 Å². The van der Waals surface area contributed by atoms with Gasteiger partial charge in [-0.15, -0.1) is 0 Å². The van der Waals surface area contributed by atoms with Crippen LogP contribution in [-0.4, -0.2) is 48.7 Å². The predicted molar refractivity (Wildman–Crippen MR) is 98.8 cm³/mol. The molecule has 1 amide bonds. The first-order valence-corrected chi connectivity index (χ1v) is 8.72. The molecule has 1 N–H and O–H groups in total. The second kappa shape index (κ2) is 7.66. The Morgan fingerprint density at radius 2 is 1.88 bits per heavy atom. The van der Waals surface area contributed by atoms with E-state index in [9.17, 15) is 9.90 Å². The Morgan fingerprint density at radius 3 is 2.60 bits per heavy atom. The Bertz CT molecular complexity index is 758. The highest BCUT2D eigenvalue weighted by molar-refractivity contribution is 6.31. The van der Waals surface area contributed by atoms with Crippen molar-refractivity contribution in [1.29, 1.82) is 0 Å². The van der Waals surface area contributed by atoms with Gasteiger partial charge in [0.2, 0.25) is 0 Å². The number of benzene rings is 2. The molecule has 2 aromatic rings. The second-order valence-electron chi connectivity index (χ2n) is 5.84. The van der Waals surface area contributed by atoms with Crippen LogP contribution < -0.4 is 9.64 Å². The number of halogens is 1. The zero-order chi connectivity index (χ0) is 17.8. The van der Waals surface area contributed by atoms with Crippen LogP contribution in [0.15, 0.2) is 42.5 Å². The van der Waals surface area contributed by atoms with E-state index in [0.29, 0.717) is 37.8 Å². The molecule has 1 heterocycles. The minimum atomic E-state index is -0.197. The van der Waals surface area contributed by atoms with Gasteiger partial charge in [0.05, 0.1) is 17.9 Å². The first-order chi connectivity index (χ1) is 12.1. The van der Waals surface area contributed by atoms with Crippen molar-refractivity contribution in [3.8, 4) is 11.5 Å². The number of phenols is 1. The van der Waals surface area contributed by atoms with E-state index in [1.54, 1.807) is 11.0 Å². The summed E-state index contributed by atoms with van der Waals surface area (Å²) in [6.07, 6.45) is 0. The lowest BCUT2D eigenvalue weighted by Crippen LogP contribution is -2.48. The first-order valence-electron chi connectivity index (χ1n) is 8.34. The molecule has 0 bridgehead atoms. The van der Waals surface area contributed by atoms with E-state index in [2.05, 4.69) is 4.90 Å². The molecule has 1 saturated heterocycles. The maximum absolute atomic E-state index is 12.6. The van der Waals surface area contributed by atoms with Crippen molar-refractivity contribution < 1.29 is 14.6 Å². The van der Waals surface area contributed by atoms with Crippen molar-refractivity contribution in [2.75, 3.05) is 37.7 Å². The summed E-state index contributed by atoms with van der Waals surface area (Å²) < 4.78 is 5.69. The summed E-state index contributed by atoms with van der Waals surface area (Å²) in [6, 6.07) is 12.5. The van der Waals surface area contributed by atoms with E-state index in [1.165, 1.54) is 12.1 Å². The summed E-state index contributed by atoms with van der Waals surface area (Å²) in [5.74, 6) is 0.619. The molecule has 0 aliphatic carbocycles. The van der Waals surface area contributed by atoms with Gasteiger partial charge in [-0.05, 0) is 37.3 Å². The molecule has 3 rings (SSSR count). The third kappa shape index (κ3) is 3.82. The average Bonchev–Trinajstić information content (AvgIpc) is 2.64. The topological polar surface area (TPSA) is 53.0 Å². The third-order valence-electron chi connectivity index (χ3n) is 4.26. The van der Waals surface area contributed by atoms with Crippen molar-refractivity contribution in [2.24, 2.45) is 0 Å². The van der Waals surface area contributed by atoms with Gasteiger partial charge in [0, 0.05) is 31.2 Å². The molecule has 0 radical (unpaired) electrons. The molecular weight excluding hydrogens is 340 g/mol. The quantitative estimate of drug-likeness (QED) is 0.907. The number of para-hydroxylation sites is 2. The molecule has 0 saturated carbocycles. The van der Waals surface area contributed by atoms with Crippen molar-refractivity contribution in [1.82, 2.24) is 4.90 Å². The first kappa shape index (κ1) is 17.4. The molecular formula is C19H21ClN2O3. The lowest BCUT2D eigenvalue weighted by atomic mass is 10.1. The Balaban J connectivity index is 1.70. The smallest absolute Gasteiger partial charge is 0.257 e. The highest BCUT2D eigenvalue weighted by Crippen LogP contribution is 2.29. The van der Waals surface area contributed by atoms with Gasteiger partial charge in [-0.3, -0.25) is 4.79 Å². The molecule has 5 nitrogen and oxygen atoms in total. The standard InChI is InChI=1S/C19H21ClN2O3/c1-2-25-18-6-4-3-5-16(18)21-9-11-22(12-10-21)19(24)15-13-14(20)7-8-17(15)23/h3-8,13,23H,2,9-12H2,1H3. The Morgan fingerprint density at radius 1 is 1.16 bits per heavy atom. The number of phenolic OH excluding ortho intramolecular Hbond substituents is 1. The van der Waals surface area contributed by atoms with Gasteiger partial charge < -0.3 is 19.6 Å². The van der Waals surface area contributed by atoms with Gasteiger partial charge in [-0.1, -0.05) is 23.7 Å². The van der Waals surface area contributed by atoms with Gasteiger partial charge in [-0.2, -0.15) is 0 Å². The number of anilines is 1. The molecule has 25 heavy (non-hydrogen) atoms. The molecule has 1 fully saturated rings. The number of hydrogen-bond donors (Lipinski definition) is 1. The molecule has 0 unspecified atom stereocenters. The van der Waals surface area contributed by atoms with Crippen LogP contribution >= 0.6 is 11.6 Å². The molecule has 0 aromatic heterocycles. The monoisotopic (exact) mass is 360 g/mol. The fraction of sp³-hybridized carbons (Fsp3) is 0.316. The van der Waals surface area contributed by atoms with Crippen molar-refractivity contribution in [2.45, 2.75) is 6.92 Å². The Kier molecular flexibility index (Phi) is 5.34. The second-order valence-corrected chi connectivity index (χ2v) is 6.28. The van der Waals surface area contributed by atoms with Crippen LogP contribution in [0.3, 0.4) is 0 Å². The van der Waals surface area contributed by atoms with Gasteiger partial charge in [-0.25, -0.2) is 0 Å². The van der Waals surface area contributed by atoms with Crippen LogP contribution in [0.1, 0.15) is 17.3 Å².